The number of furan rings is 1. The van der Waals surface area contributed by atoms with Gasteiger partial charge in [0.1, 0.15) is 23.7 Å². The van der Waals surface area contributed by atoms with Gasteiger partial charge in [-0.05, 0) is 31.0 Å². The molecule has 126 valence electrons. The number of carbonyl (C=O) groups excluding carboxylic acids is 2. The molecule has 2 heterocycles. The zero-order valence-electron chi connectivity index (χ0n) is 13.0. The number of aryl methyl sites for hydroxylation is 2. The zero-order chi connectivity index (χ0) is 17.3. The number of halogens is 2. The maximum Gasteiger partial charge on any atom is 0.255 e. The monoisotopic (exact) mass is 334 g/mol. The quantitative estimate of drug-likeness (QED) is 0.906. The third-order valence-electron chi connectivity index (χ3n) is 3.92. The molecule has 0 fully saturated rings. The topological polar surface area (TPSA) is 71.3 Å². The van der Waals surface area contributed by atoms with Crippen LogP contribution in [0.1, 0.15) is 44.0 Å². The summed E-state index contributed by atoms with van der Waals surface area (Å²) in [4.78, 5) is 24.3. The van der Waals surface area contributed by atoms with Crippen LogP contribution in [0.5, 0.6) is 0 Å². The van der Waals surface area contributed by atoms with Crippen LogP contribution in [0.25, 0.3) is 0 Å². The third kappa shape index (κ3) is 3.02. The molecule has 7 heteroatoms. The third-order valence-corrected chi connectivity index (χ3v) is 3.92. The van der Waals surface area contributed by atoms with Gasteiger partial charge in [-0.25, -0.2) is 8.78 Å². The SMILES string of the molecule is Cc1cc(F)c(CNC(=O)c2coc3c2C(=O)NCCC3)c(F)c1. The van der Waals surface area contributed by atoms with E-state index >= 15 is 0 Å². The molecule has 24 heavy (non-hydrogen) atoms. The molecule has 0 unspecified atom stereocenters. The number of fused-ring (bicyclic) bond motifs is 1. The van der Waals surface area contributed by atoms with Crippen molar-refractivity contribution in [2.75, 3.05) is 6.54 Å². The molecule has 5 nitrogen and oxygen atoms in total. The minimum Gasteiger partial charge on any atom is -0.468 e. The van der Waals surface area contributed by atoms with Gasteiger partial charge in [0.15, 0.2) is 0 Å². The molecular formula is C17H16F2N2O3. The molecule has 2 aromatic rings. The summed E-state index contributed by atoms with van der Waals surface area (Å²) in [7, 11) is 0. The van der Waals surface area contributed by atoms with E-state index in [0.29, 0.717) is 30.7 Å². The molecule has 0 bridgehead atoms. The highest BCUT2D eigenvalue weighted by molar-refractivity contribution is 6.07. The summed E-state index contributed by atoms with van der Waals surface area (Å²) in [5, 5.41) is 5.12. The maximum absolute atomic E-state index is 13.8. The Morgan fingerprint density at radius 3 is 2.75 bits per heavy atom. The smallest absolute Gasteiger partial charge is 0.255 e. The van der Waals surface area contributed by atoms with Crippen molar-refractivity contribution in [2.24, 2.45) is 0 Å². The minimum absolute atomic E-state index is 0.0670. The van der Waals surface area contributed by atoms with Gasteiger partial charge in [-0.15, -0.1) is 0 Å². The van der Waals surface area contributed by atoms with Gasteiger partial charge in [-0.3, -0.25) is 9.59 Å². The highest BCUT2D eigenvalue weighted by Gasteiger charge is 2.26. The van der Waals surface area contributed by atoms with E-state index < -0.39 is 17.5 Å². The molecule has 0 spiro atoms. The van der Waals surface area contributed by atoms with Crippen LogP contribution in [-0.2, 0) is 13.0 Å². The standard InChI is InChI=1S/C17H16F2N2O3/c1-9-5-12(18)10(13(19)6-9)7-21-16(22)11-8-24-14-3-2-4-20-17(23)15(11)14/h5-6,8H,2-4,7H2,1H3,(H,20,23)(H,21,22). The fraction of sp³-hybridized carbons (Fsp3) is 0.294. The molecule has 3 rings (SSSR count). The normalized spacial score (nSPS) is 13.9. The fourth-order valence-corrected chi connectivity index (χ4v) is 2.70. The van der Waals surface area contributed by atoms with Crippen LogP contribution in [0.2, 0.25) is 0 Å². The number of amides is 2. The number of hydrogen-bond donors (Lipinski definition) is 2. The first-order valence-corrected chi connectivity index (χ1v) is 7.58. The summed E-state index contributed by atoms with van der Waals surface area (Å²) in [6.07, 6.45) is 2.46. The Hall–Kier alpha value is -2.70. The van der Waals surface area contributed by atoms with Crippen molar-refractivity contribution >= 4 is 11.8 Å². The second-order valence-corrected chi connectivity index (χ2v) is 5.70. The van der Waals surface area contributed by atoms with Crippen molar-refractivity contribution in [1.29, 1.82) is 0 Å². The number of nitrogens with one attached hydrogen (secondary N) is 2. The zero-order valence-corrected chi connectivity index (χ0v) is 13.0. The van der Waals surface area contributed by atoms with Gasteiger partial charge in [0, 0.05) is 25.1 Å². The van der Waals surface area contributed by atoms with E-state index in [0.717, 1.165) is 0 Å². The Morgan fingerprint density at radius 2 is 2.04 bits per heavy atom. The number of rotatable bonds is 3. The van der Waals surface area contributed by atoms with Crippen LogP contribution in [0.4, 0.5) is 8.78 Å². The number of carbonyl (C=O) groups is 2. The van der Waals surface area contributed by atoms with E-state index in [-0.39, 0.29) is 29.1 Å². The molecule has 0 saturated heterocycles. The Morgan fingerprint density at radius 1 is 1.33 bits per heavy atom. The molecule has 0 atom stereocenters. The van der Waals surface area contributed by atoms with Gasteiger partial charge in [0.2, 0.25) is 0 Å². The summed E-state index contributed by atoms with van der Waals surface area (Å²) in [5.74, 6) is -2.00. The molecule has 1 aliphatic heterocycles. The molecule has 1 aliphatic rings. The predicted octanol–water partition coefficient (Wildman–Crippen LogP) is 2.47. The average molecular weight is 334 g/mol. The molecule has 1 aromatic heterocycles. The first kappa shape index (κ1) is 16.2. The Labute approximate surface area is 137 Å². The Bertz CT molecular complexity index is 791. The van der Waals surface area contributed by atoms with E-state index in [2.05, 4.69) is 10.6 Å². The van der Waals surface area contributed by atoms with Crippen molar-refractivity contribution < 1.29 is 22.8 Å². The summed E-state index contributed by atoms with van der Waals surface area (Å²) in [5.41, 5.74) is 0.483. The van der Waals surface area contributed by atoms with Crippen molar-refractivity contribution in [3.63, 3.8) is 0 Å². The van der Waals surface area contributed by atoms with Crippen molar-refractivity contribution in [3.8, 4) is 0 Å². The van der Waals surface area contributed by atoms with Gasteiger partial charge in [0.25, 0.3) is 11.8 Å². The summed E-state index contributed by atoms with van der Waals surface area (Å²) in [6, 6.07) is 2.39. The van der Waals surface area contributed by atoms with Crippen LogP contribution >= 0.6 is 0 Å². The first-order valence-electron chi connectivity index (χ1n) is 7.58. The fourth-order valence-electron chi connectivity index (χ4n) is 2.70. The minimum atomic E-state index is -0.725. The van der Waals surface area contributed by atoms with Gasteiger partial charge in [-0.1, -0.05) is 0 Å². The molecule has 2 amide bonds. The van der Waals surface area contributed by atoms with E-state index in [9.17, 15) is 18.4 Å². The molecule has 0 radical (unpaired) electrons. The first-order chi connectivity index (χ1) is 11.5. The van der Waals surface area contributed by atoms with Gasteiger partial charge in [-0.2, -0.15) is 0 Å². The molecule has 0 saturated carbocycles. The van der Waals surface area contributed by atoms with E-state index in [4.69, 9.17) is 4.42 Å². The Balaban J connectivity index is 1.80. The highest BCUT2D eigenvalue weighted by Crippen LogP contribution is 2.21. The average Bonchev–Trinajstić information content (AvgIpc) is 2.85. The van der Waals surface area contributed by atoms with Crippen molar-refractivity contribution in [1.82, 2.24) is 10.6 Å². The Kier molecular flexibility index (Phi) is 4.33. The van der Waals surface area contributed by atoms with E-state index in [1.54, 1.807) is 6.92 Å². The van der Waals surface area contributed by atoms with Crippen LogP contribution in [0.15, 0.2) is 22.8 Å². The summed E-state index contributed by atoms with van der Waals surface area (Å²) in [6.45, 7) is 1.76. The lowest BCUT2D eigenvalue weighted by atomic mass is 10.1. The van der Waals surface area contributed by atoms with Crippen LogP contribution in [-0.4, -0.2) is 18.4 Å². The van der Waals surface area contributed by atoms with Crippen LogP contribution in [0, 0.1) is 18.6 Å². The summed E-state index contributed by atoms with van der Waals surface area (Å²) >= 11 is 0. The lowest BCUT2D eigenvalue weighted by Gasteiger charge is -2.08. The van der Waals surface area contributed by atoms with Crippen LogP contribution < -0.4 is 10.6 Å². The van der Waals surface area contributed by atoms with Crippen molar-refractivity contribution in [3.05, 3.63) is 58.0 Å². The molecule has 2 N–H and O–H groups in total. The second kappa shape index (κ2) is 6.43. The molecular weight excluding hydrogens is 318 g/mol. The maximum atomic E-state index is 13.8. The predicted molar refractivity (Wildman–Crippen MR) is 81.6 cm³/mol. The van der Waals surface area contributed by atoms with Crippen molar-refractivity contribution in [2.45, 2.75) is 26.3 Å². The van der Waals surface area contributed by atoms with Gasteiger partial charge >= 0.3 is 0 Å². The van der Waals surface area contributed by atoms with Gasteiger partial charge in [0.05, 0.1) is 11.1 Å². The summed E-state index contributed by atoms with van der Waals surface area (Å²) < 4.78 is 32.9. The number of benzene rings is 1. The largest absolute Gasteiger partial charge is 0.468 e. The number of hydrogen-bond acceptors (Lipinski definition) is 3. The van der Waals surface area contributed by atoms with Crippen LogP contribution in [0.3, 0.4) is 0 Å². The van der Waals surface area contributed by atoms with E-state index in [1.165, 1.54) is 18.4 Å². The van der Waals surface area contributed by atoms with E-state index in [1.807, 2.05) is 0 Å². The lowest BCUT2D eigenvalue weighted by Crippen LogP contribution is -2.28. The second-order valence-electron chi connectivity index (χ2n) is 5.70. The lowest BCUT2D eigenvalue weighted by molar-refractivity contribution is 0.0920. The highest BCUT2D eigenvalue weighted by atomic mass is 19.1. The molecule has 0 aliphatic carbocycles. The molecule has 1 aromatic carbocycles. The van der Waals surface area contributed by atoms with Gasteiger partial charge < -0.3 is 15.1 Å².